The van der Waals surface area contributed by atoms with Crippen LogP contribution in [0.1, 0.15) is 45.8 Å². The number of rotatable bonds is 8. The zero-order valence-electron chi connectivity index (χ0n) is 19.2. The van der Waals surface area contributed by atoms with E-state index in [0.29, 0.717) is 33.4 Å². The molecule has 0 spiro atoms. The van der Waals surface area contributed by atoms with Crippen molar-refractivity contribution in [3.8, 4) is 5.75 Å². The maximum Gasteiger partial charge on any atom is 0.291 e. The molecule has 0 aliphatic rings. The first kappa shape index (κ1) is 23.6. The first-order valence-electron chi connectivity index (χ1n) is 10.9. The van der Waals surface area contributed by atoms with Gasteiger partial charge in [0, 0.05) is 10.6 Å². The van der Waals surface area contributed by atoms with Crippen LogP contribution in [-0.2, 0) is 19.6 Å². The number of hydrogen-bond acceptors (Lipinski definition) is 4. The Morgan fingerprint density at radius 2 is 1.91 bits per heavy atom. The van der Waals surface area contributed by atoms with Crippen molar-refractivity contribution in [1.82, 2.24) is 9.78 Å². The summed E-state index contributed by atoms with van der Waals surface area (Å²) in [5.74, 6) is 0.602. The summed E-state index contributed by atoms with van der Waals surface area (Å²) in [5.41, 5.74) is 3.39. The van der Waals surface area contributed by atoms with Crippen LogP contribution in [0.3, 0.4) is 0 Å². The van der Waals surface area contributed by atoms with Gasteiger partial charge in [0.2, 0.25) is 0 Å². The summed E-state index contributed by atoms with van der Waals surface area (Å²) in [4.78, 5) is 12.8. The molecule has 8 heteroatoms. The van der Waals surface area contributed by atoms with Gasteiger partial charge in [0.1, 0.15) is 23.9 Å². The van der Waals surface area contributed by atoms with Crippen LogP contribution in [0.15, 0.2) is 59.0 Å². The molecule has 0 bridgehead atoms. The zero-order chi connectivity index (χ0) is 24.2. The van der Waals surface area contributed by atoms with Crippen molar-refractivity contribution >= 4 is 23.2 Å². The van der Waals surface area contributed by atoms with Crippen molar-refractivity contribution in [2.24, 2.45) is 0 Å². The van der Waals surface area contributed by atoms with E-state index in [9.17, 15) is 9.18 Å². The molecule has 2 aromatic carbocycles. The Hall–Kier alpha value is -3.58. The molecule has 0 aliphatic heterocycles. The summed E-state index contributed by atoms with van der Waals surface area (Å²) in [6.45, 7) is 6.02. The summed E-state index contributed by atoms with van der Waals surface area (Å²) in [5, 5.41) is 7.61. The molecule has 0 saturated carbocycles. The van der Waals surface area contributed by atoms with Gasteiger partial charge in [-0.2, -0.15) is 5.10 Å². The predicted molar refractivity (Wildman–Crippen MR) is 129 cm³/mol. The molecular weight excluding hydrogens is 457 g/mol. The van der Waals surface area contributed by atoms with E-state index in [2.05, 4.69) is 17.3 Å². The number of carbonyl (C=O) groups excluding carboxylic acids is 1. The van der Waals surface area contributed by atoms with Crippen LogP contribution in [0.2, 0.25) is 5.02 Å². The van der Waals surface area contributed by atoms with Gasteiger partial charge < -0.3 is 14.5 Å². The van der Waals surface area contributed by atoms with Crippen molar-refractivity contribution in [3.05, 3.63) is 99.5 Å². The summed E-state index contributed by atoms with van der Waals surface area (Å²) < 4.78 is 27.2. The summed E-state index contributed by atoms with van der Waals surface area (Å²) >= 11 is 6.15. The lowest BCUT2D eigenvalue weighted by Crippen LogP contribution is -2.13. The average molecular weight is 482 g/mol. The summed E-state index contributed by atoms with van der Waals surface area (Å²) in [7, 11) is 0. The lowest BCUT2D eigenvalue weighted by molar-refractivity contribution is 0.0992. The van der Waals surface area contributed by atoms with Gasteiger partial charge in [-0.15, -0.1) is 0 Å². The van der Waals surface area contributed by atoms with E-state index in [1.54, 1.807) is 42.8 Å². The number of halogens is 2. The van der Waals surface area contributed by atoms with Crippen LogP contribution in [0, 0.1) is 19.7 Å². The molecule has 0 unspecified atom stereocenters. The Kier molecular flexibility index (Phi) is 7.03. The predicted octanol–water partition coefficient (Wildman–Crippen LogP) is 6.33. The van der Waals surface area contributed by atoms with Crippen LogP contribution in [0.25, 0.3) is 0 Å². The third-order valence-electron chi connectivity index (χ3n) is 5.59. The van der Waals surface area contributed by atoms with E-state index in [0.717, 1.165) is 12.2 Å². The third kappa shape index (κ3) is 5.15. The van der Waals surface area contributed by atoms with E-state index in [4.69, 9.17) is 20.8 Å². The molecule has 176 valence electrons. The smallest absolute Gasteiger partial charge is 0.291 e. The third-order valence-corrected chi connectivity index (χ3v) is 5.94. The highest BCUT2D eigenvalue weighted by molar-refractivity contribution is 6.31. The van der Waals surface area contributed by atoms with Crippen LogP contribution in [-0.4, -0.2) is 15.7 Å². The molecule has 2 aromatic heterocycles. The lowest BCUT2D eigenvalue weighted by Gasteiger charge is -2.09. The molecule has 4 aromatic rings. The van der Waals surface area contributed by atoms with E-state index < -0.39 is 11.7 Å². The maximum absolute atomic E-state index is 14.2. The molecule has 6 nitrogen and oxygen atoms in total. The summed E-state index contributed by atoms with van der Waals surface area (Å²) in [6, 6.07) is 15.7. The highest BCUT2D eigenvalue weighted by atomic mass is 35.5. The van der Waals surface area contributed by atoms with Gasteiger partial charge in [-0.3, -0.25) is 9.48 Å². The second-order valence-corrected chi connectivity index (χ2v) is 8.32. The van der Waals surface area contributed by atoms with Gasteiger partial charge in [0.05, 0.1) is 23.6 Å². The Morgan fingerprint density at radius 3 is 2.62 bits per heavy atom. The Balaban J connectivity index is 1.42. The Bertz CT molecular complexity index is 1290. The van der Waals surface area contributed by atoms with Gasteiger partial charge in [0.15, 0.2) is 5.76 Å². The van der Waals surface area contributed by atoms with Gasteiger partial charge in [-0.25, -0.2) is 4.39 Å². The van der Waals surface area contributed by atoms with Crippen LogP contribution in [0.4, 0.5) is 10.1 Å². The van der Waals surface area contributed by atoms with Gasteiger partial charge >= 0.3 is 0 Å². The molecule has 4 rings (SSSR count). The SMILES string of the molecule is CCc1ccc(OCc2ccc(C(=O)Nc3c(C)nn(Cc4c(F)cccc4Cl)c3C)o2)cc1. The number of nitrogens with zero attached hydrogens (tertiary/aromatic N) is 2. The molecule has 2 heterocycles. The molecule has 0 radical (unpaired) electrons. The number of carbonyl (C=O) groups is 1. The molecule has 1 amide bonds. The van der Waals surface area contributed by atoms with E-state index in [-0.39, 0.29) is 18.9 Å². The standard InChI is InChI=1S/C26H25ClFN3O3/c1-4-18-8-10-19(11-9-18)33-15-20-12-13-24(34-20)26(32)29-25-16(2)30-31(17(25)3)14-21-22(27)6-5-7-23(21)28/h5-13H,4,14-15H2,1-3H3,(H,29,32). The lowest BCUT2D eigenvalue weighted by atomic mass is 10.2. The molecule has 34 heavy (non-hydrogen) atoms. The number of hydrogen-bond donors (Lipinski definition) is 1. The number of ether oxygens (including phenoxy) is 1. The molecule has 0 saturated heterocycles. The number of amides is 1. The van der Waals surface area contributed by atoms with Crippen molar-refractivity contribution in [2.45, 2.75) is 40.3 Å². The quantitative estimate of drug-likeness (QED) is 0.319. The number of nitrogens with one attached hydrogen (secondary N) is 1. The minimum absolute atomic E-state index is 0.148. The van der Waals surface area contributed by atoms with Gasteiger partial charge in [-0.1, -0.05) is 36.7 Å². The Labute approximate surface area is 202 Å². The van der Waals surface area contributed by atoms with Crippen molar-refractivity contribution in [1.29, 1.82) is 0 Å². The zero-order valence-corrected chi connectivity index (χ0v) is 19.9. The number of benzene rings is 2. The van der Waals surface area contributed by atoms with Crippen LogP contribution < -0.4 is 10.1 Å². The highest BCUT2D eigenvalue weighted by Crippen LogP contribution is 2.25. The van der Waals surface area contributed by atoms with Gasteiger partial charge in [0.25, 0.3) is 5.91 Å². The van der Waals surface area contributed by atoms with Crippen LogP contribution >= 0.6 is 11.6 Å². The van der Waals surface area contributed by atoms with E-state index in [1.165, 1.54) is 11.6 Å². The fraction of sp³-hybridized carbons (Fsp3) is 0.231. The van der Waals surface area contributed by atoms with E-state index >= 15 is 0 Å². The normalized spacial score (nSPS) is 11.0. The summed E-state index contributed by atoms with van der Waals surface area (Å²) in [6.07, 6.45) is 0.964. The topological polar surface area (TPSA) is 69.3 Å². The first-order valence-corrected chi connectivity index (χ1v) is 11.3. The monoisotopic (exact) mass is 481 g/mol. The van der Waals surface area contributed by atoms with Crippen molar-refractivity contribution < 1.29 is 18.3 Å². The fourth-order valence-electron chi connectivity index (χ4n) is 3.59. The molecule has 0 atom stereocenters. The highest BCUT2D eigenvalue weighted by Gasteiger charge is 2.19. The largest absolute Gasteiger partial charge is 0.486 e. The number of aromatic nitrogens is 2. The second-order valence-electron chi connectivity index (χ2n) is 7.91. The molecule has 1 N–H and O–H groups in total. The average Bonchev–Trinajstić information content (AvgIpc) is 3.41. The van der Waals surface area contributed by atoms with Crippen LogP contribution in [0.5, 0.6) is 5.75 Å². The minimum atomic E-state index is -0.409. The maximum atomic E-state index is 14.2. The number of furan rings is 1. The Morgan fingerprint density at radius 1 is 1.15 bits per heavy atom. The second kappa shape index (κ2) is 10.1. The first-order chi connectivity index (χ1) is 16.4. The van der Waals surface area contributed by atoms with Gasteiger partial charge in [-0.05, 0) is 62.2 Å². The molecule has 0 fully saturated rings. The van der Waals surface area contributed by atoms with Crippen molar-refractivity contribution in [3.63, 3.8) is 0 Å². The van der Waals surface area contributed by atoms with E-state index in [1.807, 2.05) is 24.3 Å². The number of aryl methyl sites for hydroxylation is 2. The minimum Gasteiger partial charge on any atom is -0.486 e. The number of anilines is 1. The fourth-order valence-corrected chi connectivity index (χ4v) is 3.82. The molecular formula is C26H25ClFN3O3. The molecule has 0 aliphatic carbocycles. The van der Waals surface area contributed by atoms with Crippen molar-refractivity contribution in [2.75, 3.05) is 5.32 Å².